The van der Waals surface area contributed by atoms with Crippen molar-refractivity contribution in [2.45, 2.75) is 37.6 Å². The van der Waals surface area contributed by atoms with E-state index in [0.717, 1.165) is 5.56 Å². The first kappa shape index (κ1) is 20.9. The fraction of sp³-hybridized carbons (Fsp3) is 0.550. The largest absolute Gasteiger partial charge is 0.469 e. The number of rotatable bonds is 8. The fourth-order valence-corrected chi connectivity index (χ4v) is 3.32. The van der Waals surface area contributed by atoms with Gasteiger partial charge in [-0.15, -0.1) is 0 Å². The van der Waals surface area contributed by atoms with Crippen LogP contribution < -0.4 is 5.32 Å². The number of methoxy groups -OCH3 is 2. The van der Waals surface area contributed by atoms with E-state index >= 15 is 0 Å². The molecule has 1 fully saturated rings. The molecule has 0 spiro atoms. The lowest BCUT2D eigenvalue weighted by molar-refractivity contribution is -0.153. The van der Waals surface area contributed by atoms with Crippen molar-refractivity contribution in [1.82, 2.24) is 10.2 Å². The highest BCUT2D eigenvalue weighted by Gasteiger charge is 2.43. The van der Waals surface area contributed by atoms with E-state index in [1.165, 1.54) is 14.2 Å². The molecular formula is C20H28N2O5. The molecule has 1 aliphatic rings. The molecule has 7 heteroatoms. The number of esters is 2. The summed E-state index contributed by atoms with van der Waals surface area (Å²) in [6.45, 7) is 1.78. The SMILES string of the molecule is COC(=O)CCN1CCC(NC(=O)CCc2ccccc2)(C(=O)OC)CC1. The Balaban J connectivity index is 1.90. The summed E-state index contributed by atoms with van der Waals surface area (Å²) >= 11 is 0. The Morgan fingerprint density at radius 2 is 1.70 bits per heavy atom. The van der Waals surface area contributed by atoms with Crippen molar-refractivity contribution in [3.8, 4) is 0 Å². The Kier molecular flexibility index (Phi) is 7.79. The molecule has 1 heterocycles. The number of amides is 1. The molecule has 1 amide bonds. The zero-order chi connectivity index (χ0) is 19.7. The number of hydrogen-bond donors (Lipinski definition) is 1. The van der Waals surface area contributed by atoms with E-state index in [4.69, 9.17) is 4.74 Å². The Labute approximate surface area is 160 Å². The van der Waals surface area contributed by atoms with Crippen molar-refractivity contribution in [2.75, 3.05) is 33.9 Å². The summed E-state index contributed by atoms with van der Waals surface area (Å²) in [4.78, 5) is 38.2. The number of aryl methyl sites for hydroxylation is 1. The van der Waals surface area contributed by atoms with E-state index in [-0.39, 0.29) is 11.9 Å². The van der Waals surface area contributed by atoms with Gasteiger partial charge in [-0.05, 0) is 24.8 Å². The quantitative estimate of drug-likeness (QED) is 0.689. The summed E-state index contributed by atoms with van der Waals surface area (Å²) in [5.74, 6) is -0.829. The van der Waals surface area contributed by atoms with Crippen LogP contribution >= 0.6 is 0 Å². The minimum Gasteiger partial charge on any atom is -0.469 e. The maximum atomic E-state index is 12.5. The number of nitrogens with zero attached hydrogens (tertiary/aromatic N) is 1. The number of nitrogens with one attached hydrogen (secondary N) is 1. The van der Waals surface area contributed by atoms with Crippen molar-refractivity contribution >= 4 is 17.8 Å². The van der Waals surface area contributed by atoms with Crippen molar-refractivity contribution in [3.05, 3.63) is 35.9 Å². The molecule has 0 radical (unpaired) electrons. The molecule has 2 rings (SSSR count). The van der Waals surface area contributed by atoms with Crippen LogP contribution in [0.5, 0.6) is 0 Å². The normalized spacial score (nSPS) is 16.4. The predicted molar refractivity (Wildman–Crippen MR) is 100.0 cm³/mol. The Morgan fingerprint density at radius 3 is 2.30 bits per heavy atom. The standard InChI is InChI=1S/C20H28N2O5/c1-26-18(24)10-13-22-14-11-20(12-15-22,19(25)27-2)21-17(23)9-8-16-6-4-3-5-7-16/h3-7H,8-15H2,1-2H3,(H,21,23). The summed E-state index contributed by atoms with van der Waals surface area (Å²) < 4.78 is 9.62. The molecule has 0 unspecified atom stereocenters. The number of carbonyl (C=O) groups excluding carboxylic acids is 3. The second kappa shape index (κ2) is 10.1. The lowest BCUT2D eigenvalue weighted by atomic mass is 9.87. The Hall–Kier alpha value is -2.41. The van der Waals surface area contributed by atoms with Gasteiger partial charge < -0.3 is 19.7 Å². The summed E-state index contributed by atoms with van der Waals surface area (Å²) in [5.41, 5.74) is 0.0852. The zero-order valence-corrected chi connectivity index (χ0v) is 16.0. The molecular weight excluding hydrogens is 348 g/mol. The van der Waals surface area contributed by atoms with Gasteiger partial charge in [0.15, 0.2) is 0 Å². The highest BCUT2D eigenvalue weighted by molar-refractivity contribution is 5.88. The number of benzene rings is 1. The van der Waals surface area contributed by atoms with Crippen LogP contribution in [0.25, 0.3) is 0 Å². The van der Waals surface area contributed by atoms with Crippen LogP contribution in [-0.4, -0.2) is 62.1 Å². The molecule has 0 bridgehead atoms. The third-order valence-corrected chi connectivity index (χ3v) is 5.01. The van der Waals surface area contributed by atoms with Crippen molar-refractivity contribution < 1.29 is 23.9 Å². The van der Waals surface area contributed by atoms with Crippen molar-refractivity contribution in [3.63, 3.8) is 0 Å². The minimum atomic E-state index is -0.996. The van der Waals surface area contributed by atoms with Gasteiger partial charge in [0.2, 0.25) is 5.91 Å². The van der Waals surface area contributed by atoms with Gasteiger partial charge in [0.1, 0.15) is 5.54 Å². The van der Waals surface area contributed by atoms with Crippen LogP contribution in [0, 0.1) is 0 Å². The van der Waals surface area contributed by atoms with E-state index < -0.39 is 11.5 Å². The number of hydrogen-bond acceptors (Lipinski definition) is 6. The number of likely N-dealkylation sites (tertiary alicyclic amines) is 1. The highest BCUT2D eigenvalue weighted by Crippen LogP contribution is 2.24. The second-order valence-corrected chi connectivity index (χ2v) is 6.78. The monoisotopic (exact) mass is 376 g/mol. The Bertz CT molecular complexity index is 639. The average Bonchev–Trinajstić information content (AvgIpc) is 2.71. The number of carbonyl (C=O) groups is 3. The molecule has 1 aromatic rings. The summed E-state index contributed by atoms with van der Waals surface area (Å²) in [7, 11) is 2.70. The van der Waals surface area contributed by atoms with Gasteiger partial charge in [-0.1, -0.05) is 30.3 Å². The maximum Gasteiger partial charge on any atom is 0.331 e. The number of piperidine rings is 1. The molecule has 1 aliphatic heterocycles. The molecule has 1 aromatic carbocycles. The van der Waals surface area contributed by atoms with Gasteiger partial charge in [-0.3, -0.25) is 9.59 Å². The topological polar surface area (TPSA) is 84.9 Å². The van der Waals surface area contributed by atoms with E-state index in [1.54, 1.807) is 0 Å². The first-order valence-corrected chi connectivity index (χ1v) is 9.21. The van der Waals surface area contributed by atoms with Crippen molar-refractivity contribution in [1.29, 1.82) is 0 Å². The van der Waals surface area contributed by atoms with Crippen LogP contribution in [0.1, 0.15) is 31.2 Å². The van der Waals surface area contributed by atoms with Gasteiger partial charge in [0, 0.05) is 26.1 Å². The third kappa shape index (κ3) is 6.06. The van der Waals surface area contributed by atoms with Gasteiger partial charge in [0.25, 0.3) is 0 Å². The van der Waals surface area contributed by atoms with E-state index in [9.17, 15) is 14.4 Å². The minimum absolute atomic E-state index is 0.160. The van der Waals surface area contributed by atoms with Crippen LogP contribution in [-0.2, 0) is 30.3 Å². The van der Waals surface area contributed by atoms with Gasteiger partial charge in [0.05, 0.1) is 20.6 Å². The molecule has 0 saturated carbocycles. The molecule has 1 N–H and O–H groups in total. The number of ether oxygens (including phenoxy) is 2. The van der Waals surface area contributed by atoms with Crippen LogP contribution in [0.3, 0.4) is 0 Å². The first-order chi connectivity index (χ1) is 13.0. The highest BCUT2D eigenvalue weighted by atomic mass is 16.5. The maximum absolute atomic E-state index is 12.5. The van der Waals surface area contributed by atoms with Gasteiger partial charge in [-0.25, -0.2) is 4.79 Å². The average molecular weight is 376 g/mol. The summed E-state index contributed by atoms with van der Waals surface area (Å²) in [5, 5.41) is 2.92. The van der Waals surface area contributed by atoms with E-state index in [2.05, 4.69) is 15.0 Å². The molecule has 0 aliphatic carbocycles. The predicted octanol–water partition coefficient (Wildman–Crippen LogP) is 1.31. The smallest absolute Gasteiger partial charge is 0.331 e. The molecule has 148 valence electrons. The third-order valence-electron chi connectivity index (χ3n) is 5.01. The molecule has 0 aromatic heterocycles. The van der Waals surface area contributed by atoms with E-state index in [1.807, 2.05) is 30.3 Å². The second-order valence-electron chi connectivity index (χ2n) is 6.78. The van der Waals surface area contributed by atoms with Crippen LogP contribution in [0.2, 0.25) is 0 Å². The molecule has 27 heavy (non-hydrogen) atoms. The van der Waals surface area contributed by atoms with Gasteiger partial charge in [-0.2, -0.15) is 0 Å². The van der Waals surface area contributed by atoms with Crippen molar-refractivity contribution in [2.24, 2.45) is 0 Å². The van der Waals surface area contributed by atoms with E-state index in [0.29, 0.717) is 51.7 Å². The van der Waals surface area contributed by atoms with Gasteiger partial charge >= 0.3 is 11.9 Å². The fourth-order valence-electron chi connectivity index (χ4n) is 3.32. The van der Waals surface area contributed by atoms with Crippen LogP contribution in [0.15, 0.2) is 30.3 Å². The molecule has 1 saturated heterocycles. The first-order valence-electron chi connectivity index (χ1n) is 9.21. The lowest BCUT2D eigenvalue weighted by Crippen LogP contribution is -2.60. The zero-order valence-electron chi connectivity index (χ0n) is 16.0. The summed E-state index contributed by atoms with van der Waals surface area (Å²) in [6, 6.07) is 9.76. The molecule has 7 nitrogen and oxygen atoms in total. The molecule has 0 atom stereocenters. The lowest BCUT2D eigenvalue weighted by Gasteiger charge is -2.40. The Morgan fingerprint density at radius 1 is 1.04 bits per heavy atom. The van der Waals surface area contributed by atoms with Crippen LogP contribution in [0.4, 0.5) is 0 Å². The summed E-state index contributed by atoms with van der Waals surface area (Å²) in [6.07, 6.45) is 2.16.